The smallest absolute Gasteiger partial charge is 0.00139 e. The average molecular weight is 268 g/mol. The summed E-state index contributed by atoms with van der Waals surface area (Å²) < 4.78 is 0. The summed E-state index contributed by atoms with van der Waals surface area (Å²) in [5.74, 6) is 0. The molecule has 0 heterocycles. The van der Waals surface area contributed by atoms with Gasteiger partial charge in [0.15, 0.2) is 0 Å². The fourth-order valence-electron chi connectivity index (χ4n) is 2.10. The molecule has 1 aliphatic carbocycles. The summed E-state index contributed by atoms with van der Waals surface area (Å²) in [5, 5.41) is 0. The Hall–Kier alpha value is -1.82. The van der Waals surface area contributed by atoms with Crippen LogP contribution in [-0.2, 0) is 6.42 Å². The number of rotatable bonds is 0. The van der Waals surface area contributed by atoms with E-state index in [0.717, 1.165) is 6.42 Å². The normalized spacial score (nSPS) is 10.2. The van der Waals surface area contributed by atoms with Gasteiger partial charge in [0.05, 0.1) is 0 Å². The molecule has 3 rings (SSSR count). The second-order valence-corrected chi connectivity index (χ2v) is 3.91. The molecule has 0 amide bonds. The Morgan fingerprint density at radius 3 is 1.35 bits per heavy atom. The summed E-state index contributed by atoms with van der Waals surface area (Å²) in [6.07, 6.45) is 5.46. The highest BCUT2D eigenvalue weighted by Crippen LogP contribution is 2.24. The second-order valence-electron chi connectivity index (χ2n) is 3.91. The molecule has 0 aliphatic heterocycles. The van der Waals surface area contributed by atoms with Gasteiger partial charge >= 0.3 is 0 Å². The van der Waals surface area contributed by atoms with Crippen LogP contribution < -0.4 is 0 Å². The minimum absolute atomic E-state index is 0. The van der Waals surface area contributed by atoms with Gasteiger partial charge in [0, 0.05) is 0 Å². The van der Waals surface area contributed by atoms with E-state index >= 15 is 0 Å². The number of benzene rings is 2. The lowest BCUT2D eigenvalue weighted by Crippen LogP contribution is -1.90. The van der Waals surface area contributed by atoms with Crippen molar-refractivity contribution in [1.29, 1.82) is 0 Å². The van der Waals surface area contributed by atoms with Crippen molar-refractivity contribution < 1.29 is 0 Å². The molecular weight excluding hydrogens is 240 g/mol. The van der Waals surface area contributed by atoms with Gasteiger partial charge in [-0.25, -0.2) is 0 Å². The van der Waals surface area contributed by atoms with Gasteiger partial charge in [-0.2, -0.15) is 0 Å². The van der Waals surface area contributed by atoms with Crippen LogP contribution in [0.3, 0.4) is 0 Å². The van der Waals surface area contributed by atoms with Crippen LogP contribution in [0.25, 0.3) is 12.2 Å². The summed E-state index contributed by atoms with van der Waals surface area (Å²) in [4.78, 5) is 0. The zero-order valence-electron chi connectivity index (χ0n) is 12.5. The van der Waals surface area contributed by atoms with E-state index in [1.807, 2.05) is 27.7 Å². The Bertz CT molecular complexity index is 474. The summed E-state index contributed by atoms with van der Waals surface area (Å²) in [7, 11) is 0. The summed E-state index contributed by atoms with van der Waals surface area (Å²) in [6, 6.07) is 17.2. The molecule has 0 bridgehead atoms. The van der Waals surface area contributed by atoms with E-state index < -0.39 is 0 Å². The van der Waals surface area contributed by atoms with Crippen molar-refractivity contribution in [3.8, 4) is 0 Å². The maximum absolute atomic E-state index is 2.21. The molecular formula is C20H28. The van der Waals surface area contributed by atoms with Crippen molar-refractivity contribution in [3.63, 3.8) is 0 Å². The summed E-state index contributed by atoms with van der Waals surface area (Å²) >= 11 is 0. The summed E-state index contributed by atoms with van der Waals surface area (Å²) in [5.41, 5.74) is 5.51. The Balaban J connectivity index is 0.000000667. The topological polar surface area (TPSA) is 0 Å². The van der Waals surface area contributed by atoms with Crippen LogP contribution in [0.1, 0.15) is 57.4 Å². The number of fused-ring (bicyclic) bond motifs is 2. The van der Waals surface area contributed by atoms with E-state index in [4.69, 9.17) is 0 Å². The van der Waals surface area contributed by atoms with Crippen molar-refractivity contribution in [2.24, 2.45) is 0 Å². The molecule has 0 saturated carbocycles. The zero-order valence-corrected chi connectivity index (χ0v) is 12.5. The van der Waals surface area contributed by atoms with Crippen LogP contribution in [0.2, 0.25) is 0 Å². The maximum Gasteiger partial charge on any atom is -0.00139 e. The van der Waals surface area contributed by atoms with Gasteiger partial charge in [0.1, 0.15) is 0 Å². The third kappa shape index (κ3) is 4.38. The molecule has 0 saturated heterocycles. The summed E-state index contributed by atoms with van der Waals surface area (Å²) in [6.45, 7) is 8.00. The lowest BCUT2D eigenvalue weighted by Gasteiger charge is -2.04. The van der Waals surface area contributed by atoms with E-state index in [9.17, 15) is 0 Å². The largest absolute Gasteiger partial charge is 0.0776 e. The van der Waals surface area contributed by atoms with E-state index in [2.05, 4.69) is 60.7 Å². The Morgan fingerprint density at radius 2 is 0.950 bits per heavy atom. The van der Waals surface area contributed by atoms with Crippen molar-refractivity contribution in [2.75, 3.05) is 0 Å². The van der Waals surface area contributed by atoms with Crippen molar-refractivity contribution in [1.82, 2.24) is 0 Å². The zero-order chi connectivity index (χ0) is 14.1. The predicted molar refractivity (Wildman–Crippen MR) is 94.0 cm³/mol. The highest BCUT2D eigenvalue weighted by Gasteiger charge is 2.06. The van der Waals surface area contributed by atoms with Crippen molar-refractivity contribution in [3.05, 3.63) is 70.8 Å². The third-order valence-corrected chi connectivity index (χ3v) is 2.93. The van der Waals surface area contributed by atoms with Crippen LogP contribution in [0.5, 0.6) is 0 Å². The van der Waals surface area contributed by atoms with Gasteiger partial charge < -0.3 is 0 Å². The van der Waals surface area contributed by atoms with Crippen LogP contribution in [0, 0.1) is 0 Å². The van der Waals surface area contributed by atoms with Crippen molar-refractivity contribution in [2.45, 2.75) is 41.5 Å². The van der Waals surface area contributed by atoms with E-state index in [1.54, 1.807) is 0 Å². The molecule has 1 aliphatic rings. The van der Waals surface area contributed by atoms with Gasteiger partial charge in [-0.05, 0) is 28.7 Å². The fraction of sp³-hybridized carbons (Fsp3) is 0.300. The Kier molecular flexibility index (Phi) is 9.11. The lowest BCUT2D eigenvalue weighted by atomic mass is 10.0. The molecule has 2 aromatic rings. The first-order chi connectivity index (χ1) is 9.43. The molecule has 0 atom stereocenters. The highest BCUT2D eigenvalue weighted by atomic mass is 14.1. The Labute approximate surface area is 125 Å². The Morgan fingerprint density at radius 1 is 0.600 bits per heavy atom. The van der Waals surface area contributed by atoms with Gasteiger partial charge in [0.2, 0.25) is 0 Å². The number of hydrogen-bond donors (Lipinski definition) is 0. The molecule has 0 unspecified atom stereocenters. The minimum atomic E-state index is 0. The van der Waals surface area contributed by atoms with Crippen molar-refractivity contribution >= 4 is 12.2 Å². The molecule has 0 radical (unpaired) electrons. The predicted octanol–water partition coefficient (Wildman–Crippen LogP) is 6.45. The monoisotopic (exact) mass is 268 g/mol. The first kappa shape index (κ1) is 18.2. The molecule has 0 spiro atoms. The van der Waals surface area contributed by atoms with E-state index in [0.29, 0.717) is 0 Å². The lowest BCUT2D eigenvalue weighted by molar-refractivity contribution is 1.18. The van der Waals surface area contributed by atoms with Gasteiger partial charge in [-0.1, -0.05) is 95.8 Å². The average Bonchev–Trinajstić information content (AvgIpc) is 2.70. The molecule has 0 fully saturated rings. The van der Waals surface area contributed by atoms with E-state index in [1.165, 1.54) is 22.3 Å². The second kappa shape index (κ2) is 10.0. The van der Waals surface area contributed by atoms with Gasteiger partial charge in [0.25, 0.3) is 0 Å². The molecule has 0 heteroatoms. The van der Waals surface area contributed by atoms with Gasteiger partial charge in [-0.3, -0.25) is 0 Å². The van der Waals surface area contributed by atoms with Crippen LogP contribution in [0.4, 0.5) is 0 Å². The quantitative estimate of drug-likeness (QED) is 0.439. The number of hydrogen-bond acceptors (Lipinski definition) is 0. The van der Waals surface area contributed by atoms with Crippen LogP contribution in [0.15, 0.2) is 48.5 Å². The van der Waals surface area contributed by atoms with Crippen LogP contribution in [-0.4, -0.2) is 0 Å². The van der Waals surface area contributed by atoms with E-state index in [-0.39, 0.29) is 7.43 Å². The SMILES string of the molecule is C.C1=Cc2ccccc2Cc2ccccc21.CC.CC. The van der Waals surface area contributed by atoms with Crippen LogP contribution >= 0.6 is 0 Å². The fourth-order valence-corrected chi connectivity index (χ4v) is 2.10. The standard InChI is InChI=1S/C15H12.2C2H6.CH4/c1-3-7-14-11-15-8-4-2-6-13(15)10-9-12(14)5-1;2*1-2;/h1-10H,11H2;2*1-2H3;1H4. The maximum atomic E-state index is 2.21. The molecule has 2 aromatic carbocycles. The molecule has 108 valence electrons. The molecule has 0 N–H and O–H groups in total. The first-order valence-corrected chi connectivity index (χ1v) is 7.27. The third-order valence-electron chi connectivity index (χ3n) is 2.93. The molecule has 0 nitrogen and oxygen atoms in total. The van der Waals surface area contributed by atoms with Gasteiger partial charge in [-0.15, -0.1) is 0 Å². The minimum Gasteiger partial charge on any atom is -0.0776 e. The highest BCUT2D eigenvalue weighted by molar-refractivity contribution is 5.75. The molecule has 0 aromatic heterocycles. The molecule has 20 heavy (non-hydrogen) atoms. The first-order valence-electron chi connectivity index (χ1n) is 7.27.